The molecule has 0 aliphatic carbocycles. The monoisotopic (exact) mass is 272 g/mol. The van der Waals surface area contributed by atoms with Crippen LogP contribution in [0.4, 0.5) is 0 Å². The summed E-state index contributed by atoms with van der Waals surface area (Å²) in [6, 6.07) is 5.54. The van der Waals surface area contributed by atoms with E-state index < -0.39 is 0 Å². The third-order valence-electron chi connectivity index (χ3n) is 3.23. The molecule has 1 aromatic carbocycles. The predicted octanol–water partition coefficient (Wildman–Crippen LogP) is 3.19. The third-order valence-corrected chi connectivity index (χ3v) is 3.23. The van der Waals surface area contributed by atoms with Crippen LogP contribution in [0, 0.1) is 13.8 Å². The van der Waals surface area contributed by atoms with Gasteiger partial charge in [-0.05, 0) is 31.0 Å². The molecule has 0 atom stereocenters. The molecular weight excluding hydrogens is 252 g/mol. The number of benzene rings is 1. The molecule has 0 saturated carbocycles. The Bertz CT molecular complexity index is 687. The fraction of sp³-hybridized carbons (Fsp3) is 0.375. The van der Waals surface area contributed by atoms with E-state index >= 15 is 0 Å². The molecule has 20 heavy (non-hydrogen) atoms. The Labute approximate surface area is 118 Å². The highest BCUT2D eigenvalue weighted by molar-refractivity contribution is 5.71. The van der Waals surface area contributed by atoms with Crippen molar-refractivity contribution in [2.75, 3.05) is 7.11 Å². The fourth-order valence-corrected chi connectivity index (χ4v) is 2.30. The molecule has 1 aromatic heterocycles. The van der Waals surface area contributed by atoms with Crippen LogP contribution in [0.25, 0.3) is 11.3 Å². The normalized spacial score (nSPS) is 10.9. The molecule has 0 radical (unpaired) electrons. The molecule has 0 aliphatic heterocycles. The summed E-state index contributed by atoms with van der Waals surface area (Å²) in [5, 5.41) is 0. The lowest BCUT2D eigenvalue weighted by molar-refractivity contribution is 0.415. The van der Waals surface area contributed by atoms with Crippen molar-refractivity contribution >= 4 is 0 Å². The summed E-state index contributed by atoms with van der Waals surface area (Å²) in [7, 11) is 1.63. The lowest BCUT2D eigenvalue weighted by Gasteiger charge is -2.14. The van der Waals surface area contributed by atoms with E-state index in [4.69, 9.17) is 4.74 Å². The van der Waals surface area contributed by atoms with Gasteiger partial charge >= 0.3 is 0 Å². The molecule has 106 valence electrons. The molecule has 1 N–H and O–H groups in total. The van der Waals surface area contributed by atoms with Gasteiger partial charge in [-0.25, -0.2) is 4.98 Å². The third kappa shape index (κ3) is 2.74. The van der Waals surface area contributed by atoms with E-state index in [1.165, 1.54) is 6.07 Å². The van der Waals surface area contributed by atoms with Crippen molar-refractivity contribution in [3.05, 3.63) is 45.5 Å². The number of ether oxygens (including phenoxy) is 1. The van der Waals surface area contributed by atoms with Crippen molar-refractivity contribution in [3.8, 4) is 17.0 Å². The lowest BCUT2D eigenvalue weighted by atomic mass is 10.0. The molecule has 0 spiro atoms. The van der Waals surface area contributed by atoms with Crippen molar-refractivity contribution in [3.63, 3.8) is 0 Å². The van der Waals surface area contributed by atoms with Gasteiger partial charge in [-0.1, -0.05) is 19.9 Å². The zero-order valence-electron chi connectivity index (χ0n) is 12.6. The van der Waals surface area contributed by atoms with Crippen LogP contribution in [0.3, 0.4) is 0 Å². The number of aryl methyl sites for hydroxylation is 2. The Morgan fingerprint density at radius 1 is 1.20 bits per heavy atom. The van der Waals surface area contributed by atoms with Gasteiger partial charge in [0.1, 0.15) is 11.6 Å². The SMILES string of the molecule is COc1cc(C)cc(C)c1-c1cc(=O)[nH]c(C(C)C)n1. The number of nitrogens with zero attached hydrogens (tertiary/aromatic N) is 1. The Morgan fingerprint density at radius 3 is 2.50 bits per heavy atom. The number of methoxy groups -OCH3 is 1. The summed E-state index contributed by atoms with van der Waals surface area (Å²) in [5.41, 5.74) is 3.57. The van der Waals surface area contributed by atoms with Gasteiger partial charge in [0.25, 0.3) is 5.56 Å². The van der Waals surface area contributed by atoms with Crippen LogP contribution in [0.1, 0.15) is 36.7 Å². The van der Waals surface area contributed by atoms with Crippen LogP contribution >= 0.6 is 0 Å². The number of aromatic nitrogens is 2. The quantitative estimate of drug-likeness (QED) is 0.933. The summed E-state index contributed by atoms with van der Waals surface area (Å²) in [6.45, 7) is 8.02. The molecule has 4 heteroatoms. The molecule has 2 rings (SSSR count). The molecule has 2 aromatic rings. The maximum Gasteiger partial charge on any atom is 0.251 e. The minimum absolute atomic E-state index is 0.138. The fourth-order valence-electron chi connectivity index (χ4n) is 2.30. The minimum Gasteiger partial charge on any atom is -0.496 e. The largest absolute Gasteiger partial charge is 0.496 e. The Kier molecular flexibility index (Phi) is 3.93. The highest BCUT2D eigenvalue weighted by Crippen LogP contribution is 2.32. The van der Waals surface area contributed by atoms with Crippen molar-refractivity contribution in [2.24, 2.45) is 0 Å². The molecule has 0 saturated heterocycles. The molecule has 0 amide bonds. The highest BCUT2D eigenvalue weighted by Gasteiger charge is 2.14. The summed E-state index contributed by atoms with van der Waals surface area (Å²) in [6.07, 6.45) is 0. The summed E-state index contributed by atoms with van der Waals surface area (Å²) in [4.78, 5) is 19.2. The molecule has 0 fully saturated rings. The molecule has 0 unspecified atom stereocenters. The number of hydrogen-bond donors (Lipinski definition) is 1. The standard InChI is InChI=1S/C16H20N2O2/c1-9(2)16-17-12(8-14(19)18-16)15-11(4)6-10(3)7-13(15)20-5/h6-9H,1-5H3,(H,17,18,19). The van der Waals surface area contributed by atoms with E-state index in [9.17, 15) is 4.79 Å². The van der Waals surface area contributed by atoms with Gasteiger partial charge in [-0.3, -0.25) is 4.79 Å². The highest BCUT2D eigenvalue weighted by atomic mass is 16.5. The topological polar surface area (TPSA) is 55.0 Å². The van der Waals surface area contributed by atoms with Crippen molar-refractivity contribution in [1.82, 2.24) is 9.97 Å². The van der Waals surface area contributed by atoms with E-state index in [1.807, 2.05) is 33.8 Å². The van der Waals surface area contributed by atoms with Crippen LogP contribution in [-0.4, -0.2) is 17.1 Å². The smallest absolute Gasteiger partial charge is 0.251 e. The van der Waals surface area contributed by atoms with Crippen molar-refractivity contribution in [1.29, 1.82) is 0 Å². The molecule has 0 aliphatic rings. The molecule has 0 bridgehead atoms. The minimum atomic E-state index is -0.138. The Balaban J connectivity index is 2.71. The second-order valence-corrected chi connectivity index (χ2v) is 5.33. The first-order valence-electron chi connectivity index (χ1n) is 6.69. The number of nitrogens with one attached hydrogen (secondary N) is 1. The van der Waals surface area contributed by atoms with Gasteiger partial charge in [0, 0.05) is 17.5 Å². The Hall–Kier alpha value is -2.10. The number of hydrogen-bond acceptors (Lipinski definition) is 3. The number of aromatic amines is 1. The maximum atomic E-state index is 11.8. The first-order chi connectivity index (χ1) is 9.42. The van der Waals surface area contributed by atoms with E-state index in [2.05, 4.69) is 16.0 Å². The van der Waals surface area contributed by atoms with Gasteiger partial charge in [0.2, 0.25) is 0 Å². The molecule has 1 heterocycles. The van der Waals surface area contributed by atoms with Crippen molar-refractivity contribution < 1.29 is 4.74 Å². The van der Waals surface area contributed by atoms with Crippen LogP contribution in [0.5, 0.6) is 5.75 Å². The van der Waals surface area contributed by atoms with Gasteiger partial charge in [-0.15, -0.1) is 0 Å². The van der Waals surface area contributed by atoms with Gasteiger partial charge in [0.15, 0.2) is 0 Å². The first-order valence-corrected chi connectivity index (χ1v) is 6.69. The van der Waals surface area contributed by atoms with E-state index in [1.54, 1.807) is 7.11 Å². The average molecular weight is 272 g/mol. The Morgan fingerprint density at radius 2 is 1.90 bits per heavy atom. The molecular formula is C16H20N2O2. The van der Waals surface area contributed by atoms with E-state index in [0.29, 0.717) is 11.5 Å². The maximum absolute atomic E-state index is 11.8. The van der Waals surface area contributed by atoms with Crippen LogP contribution in [0.15, 0.2) is 23.0 Å². The van der Waals surface area contributed by atoms with Crippen LogP contribution < -0.4 is 10.3 Å². The number of H-pyrrole nitrogens is 1. The predicted molar refractivity (Wildman–Crippen MR) is 80.4 cm³/mol. The van der Waals surface area contributed by atoms with Gasteiger partial charge in [-0.2, -0.15) is 0 Å². The zero-order chi connectivity index (χ0) is 14.9. The van der Waals surface area contributed by atoms with Crippen molar-refractivity contribution in [2.45, 2.75) is 33.6 Å². The van der Waals surface area contributed by atoms with Gasteiger partial charge < -0.3 is 9.72 Å². The summed E-state index contributed by atoms with van der Waals surface area (Å²) >= 11 is 0. The van der Waals surface area contributed by atoms with E-state index in [0.717, 1.165) is 22.4 Å². The summed E-state index contributed by atoms with van der Waals surface area (Å²) < 4.78 is 5.45. The van der Waals surface area contributed by atoms with Crippen LogP contribution in [-0.2, 0) is 0 Å². The lowest BCUT2D eigenvalue weighted by Crippen LogP contribution is -2.12. The first kappa shape index (κ1) is 14.3. The molecule has 4 nitrogen and oxygen atoms in total. The summed E-state index contributed by atoms with van der Waals surface area (Å²) in [5.74, 6) is 1.60. The van der Waals surface area contributed by atoms with E-state index in [-0.39, 0.29) is 11.5 Å². The van der Waals surface area contributed by atoms with Crippen LogP contribution in [0.2, 0.25) is 0 Å². The second-order valence-electron chi connectivity index (χ2n) is 5.33. The number of rotatable bonds is 3. The zero-order valence-corrected chi connectivity index (χ0v) is 12.6. The van der Waals surface area contributed by atoms with Gasteiger partial charge in [0.05, 0.1) is 12.8 Å². The average Bonchev–Trinajstić information content (AvgIpc) is 2.36. The second kappa shape index (κ2) is 5.49.